The Morgan fingerprint density at radius 3 is 2.12 bits per heavy atom. The molecule has 1 aliphatic carbocycles. The van der Waals surface area contributed by atoms with E-state index in [0.29, 0.717) is 18.0 Å². The largest absolute Gasteiger partial charge is 0.392 e. The van der Waals surface area contributed by atoms with Crippen molar-refractivity contribution in [1.29, 1.82) is 0 Å². The predicted molar refractivity (Wildman–Crippen MR) is 67.4 cm³/mol. The number of nitrogens with zero attached hydrogens (tertiary/aromatic N) is 1. The maximum atomic E-state index is 10.3. The minimum absolute atomic E-state index is 0.0782. The second-order valence-electron chi connectivity index (χ2n) is 5.94. The molecule has 3 atom stereocenters. The second kappa shape index (κ2) is 5.50. The van der Waals surface area contributed by atoms with Gasteiger partial charge in [-0.05, 0) is 45.4 Å². The van der Waals surface area contributed by atoms with Crippen LogP contribution in [0.25, 0.3) is 0 Å². The van der Waals surface area contributed by atoms with Gasteiger partial charge in [0.25, 0.3) is 0 Å². The van der Waals surface area contributed by atoms with Gasteiger partial charge in [-0.2, -0.15) is 0 Å². The van der Waals surface area contributed by atoms with Gasteiger partial charge in [0, 0.05) is 18.6 Å². The smallest absolute Gasteiger partial charge is 0.0695 e. The molecule has 1 N–H and O–H groups in total. The Kier molecular flexibility index (Phi) is 4.26. The van der Waals surface area contributed by atoms with Gasteiger partial charge >= 0.3 is 0 Å². The molecule has 0 radical (unpaired) electrons. The number of rotatable bonds is 3. The quantitative estimate of drug-likeness (QED) is 0.798. The third kappa shape index (κ3) is 2.78. The van der Waals surface area contributed by atoms with E-state index in [2.05, 4.69) is 18.7 Å². The topological polar surface area (TPSA) is 23.5 Å². The van der Waals surface area contributed by atoms with E-state index < -0.39 is 0 Å². The normalized spacial score (nSPS) is 35.4. The van der Waals surface area contributed by atoms with Gasteiger partial charge in [-0.15, -0.1) is 0 Å². The molecule has 0 aromatic rings. The first-order chi connectivity index (χ1) is 7.68. The van der Waals surface area contributed by atoms with E-state index in [1.807, 2.05) is 0 Å². The summed E-state index contributed by atoms with van der Waals surface area (Å²) in [5, 5.41) is 10.3. The summed E-state index contributed by atoms with van der Waals surface area (Å²) in [7, 11) is 0. The summed E-state index contributed by atoms with van der Waals surface area (Å²) in [6.07, 6.45) is 9.04. The summed E-state index contributed by atoms with van der Waals surface area (Å²) in [6.45, 7) is 5.54. The van der Waals surface area contributed by atoms with Crippen LogP contribution in [-0.2, 0) is 0 Å². The van der Waals surface area contributed by atoms with Gasteiger partial charge in [0.2, 0.25) is 0 Å². The second-order valence-corrected chi connectivity index (χ2v) is 5.94. The molecular weight excluding hydrogens is 198 g/mol. The fourth-order valence-electron chi connectivity index (χ4n) is 3.54. The molecule has 1 saturated carbocycles. The minimum Gasteiger partial charge on any atom is -0.392 e. The summed E-state index contributed by atoms with van der Waals surface area (Å²) >= 11 is 0. The Bertz CT molecular complexity index is 203. The van der Waals surface area contributed by atoms with Crippen molar-refractivity contribution in [1.82, 2.24) is 4.90 Å². The molecule has 1 saturated heterocycles. The van der Waals surface area contributed by atoms with Crippen LogP contribution in [0.1, 0.15) is 58.8 Å². The zero-order valence-corrected chi connectivity index (χ0v) is 10.9. The Morgan fingerprint density at radius 2 is 1.56 bits per heavy atom. The van der Waals surface area contributed by atoms with Gasteiger partial charge in [0.1, 0.15) is 0 Å². The van der Waals surface area contributed by atoms with Crippen molar-refractivity contribution in [2.24, 2.45) is 5.92 Å². The first kappa shape index (κ1) is 12.4. The summed E-state index contributed by atoms with van der Waals surface area (Å²) in [4.78, 5) is 2.53. The maximum Gasteiger partial charge on any atom is 0.0695 e. The predicted octanol–water partition coefficient (Wildman–Crippen LogP) is 2.80. The number of hydrogen-bond acceptors (Lipinski definition) is 2. The highest BCUT2D eigenvalue weighted by Gasteiger charge is 2.30. The van der Waals surface area contributed by atoms with Crippen LogP contribution in [0.2, 0.25) is 0 Å². The van der Waals surface area contributed by atoms with Gasteiger partial charge < -0.3 is 5.11 Å². The first-order valence-corrected chi connectivity index (χ1v) is 7.12. The molecule has 0 bridgehead atoms. The molecule has 2 rings (SSSR count). The van der Waals surface area contributed by atoms with Gasteiger partial charge in [-0.3, -0.25) is 4.90 Å². The monoisotopic (exact) mass is 225 g/mol. The number of hydrogen-bond donors (Lipinski definition) is 1. The Balaban J connectivity index is 1.86. The van der Waals surface area contributed by atoms with Crippen LogP contribution in [0.15, 0.2) is 0 Å². The van der Waals surface area contributed by atoms with Crippen molar-refractivity contribution in [3.63, 3.8) is 0 Å². The zero-order valence-electron chi connectivity index (χ0n) is 10.9. The molecule has 1 heterocycles. The molecule has 2 heteroatoms. The standard InChI is InChI=1S/C14H27NO/c1-11-6-5-7-12(2)15(11)10-14(16)13-8-3-4-9-13/h11-14,16H,3-10H2,1-2H3. The number of piperidine rings is 1. The average Bonchev–Trinajstić information content (AvgIpc) is 2.76. The third-order valence-corrected chi connectivity index (χ3v) is 4.72. The lowest BCUT2D eigenvalue weighted by Crippen LogP contribution is -2.48. The van der Waals surface area contributed by atoms with Crippen molar-refractivity contribution in [3.8, 4) is 0 Å². The number of β-amino-alcohol motifs (C(OH)–C–C–N with tert-alkyl or cyclic N) is 1. The molecule has 1 aliphatic heterocycles. The van der Waals surface area contributed by atoms with Crippen LogP contribution in [-0.4, -0.2) is 34.7 Å². The average molecular weight is 225 g/mol. The van der Waals surface area contributed by atoms with Gasteiger partial charge in [0.15, 0.2) is 0 Å². The molecule has 2 fully saturated rings. The van der Waals surface area contributed by atoms with E-state index in [1.165, 1.54) is 44.9 Å². The fourth-order valence-corrected chi connectivity index (χ4v) is 3.54. The Morgan fingerprint density at radius 1 is 1.00 bits per heavy atom. The van der Waals surface area contributed by atoms with Crippen molar-refractivity contribution < 1.29 is 5.11 Å². The fraction of sp³-hybridized carbons (Fsp3) is 1.00. The third-order valence-electron chi connectivity index (χ3n) is 4.72. The molecule has 16 heavy (non-hydrogen) atoms. The van der Waals surface area contributed by atoms with Crippen LogP contribution in [0.5, 0.6) is 0 Å². The first-order valence-electron chi connectivity index (χ1n) is 7.12. The van der Waals surface area contributed by atoms with Gasteiger partial charge in [-0.1, -0.05) is 19.3 Å². The van der Waals surface area contributed by atoms with Crippen LogP contribution in [0.4, 0.5) is 0 Å². The van der Waals surface area contributed by atoms with Crippen LogP contribution < -0.4 is 0 Å². The van der Waals surface area contributed by atoms with Crippen molar-refractivity contribution in [2.75, 3.05) is 6.54 Å². The summed E-state index contributed by atoms with van der Waals surface area (Å²) in [6, 6.07) is 1.33. The summed E-state index contributed by atoms with van der Waals surface area (Å²) in [5.41, 5.74) is 0. The van der Waals surface area contributed by atoms with Gasteiger partial charge in [0.05, 0.1) is 6.10 Å². The van der Waals surface area contributed by atoms with E-state index in [1.54, 1.807) is 0 Å². The van der Waals surface area contributed by atoms with E-state index in [4.69, 9.17) is 0 Å². The molecule has 2 aliphatic rings. The Hall–Kier alpha value is -0.0800. The number of aliphatic hydroxyl groups excluding tert-OH is 1. The molecule has 0 amide bonds. The minimum atomic E-state index is -0.0782. The summed E-state index contributed by atoms with van der Waals surface area (Å²) < 4.78 is 0. The summed E-state index contributed by atoms with van der Waals surface area (Å²) in [5.74, 6) is 0.585. The van der Waals surface area contributed by atoms with E-state index in [-0.39, 0.29) is 6.10 Å². The zero-order chi connectivity index (χ0) is 11.5. The number of likely N-dealkylation sites (tertiary alicyclic amines) is 1. The molecule has 94 valence electrons. The lowest BCUT2D eigenvalue weighted by molar-refractivity contribution is 0.0163. The van der Waals surface area contributed by atoms with E-state index in [0.717, 1.165) is 6.54 Å². The lowest BCUT2D eigenvalue weighted by atomic mass is 9.94. The van der Waals surface area contributed by atoms with Crippen molar-refractivity contribution in [3.05, 3.63) is 0 Å². The highest BCUT2D eigenvalue weighted by atomic mass is 16.3. The van der Waals surface area contributed by atoms with Crippen LogP contribution >= 0.6 is 0 Å². The van der Waals surface area contributed by atoms with Gasteiger partial charge in [-0.25, -0.2) is 0 Å². The van der Waals surface area contributed by atoms with Crippen LogP contribution in [0, 0.1) is 5.92 Å². The van der Waals surface area contributed by atoms with E-state index >= 15 is 0 Å². The molecule has 0 aromatic heterocycles. The van der Waals surface area contributed by atoms with Crippen molar-refractivity contribution in [2.45, 2.75) is 77.0 Å². The molecule has 3 unspecified atom stereocenters. The molecular formula is C14H27NO. The maximum absolute atomic E-state index is 10.3. The highest BCUT2D eigenvalue weighted by molar-refractivity contribution is 4.84. The van der Waals surface area contributed by atoms with Crippen molar-refractivity contribution >= 4 is 0 Å². The van der Waals surface area contributed by atoms with E-state index in [9.17, 15) is 5.11 Å². The highest BCUT2D eigenvalue weighted by Crippen LogP contribution is 2.30. The Labute approximate surface area is 100 Å². The van der Waals surface area contributed by atoms with Crippen LogP contribution in [0.3, 0.4) is 0 Å². The molecule has 0 aromatic carbocycles. The molecule has 2 nitrogen and oxygen atoms in total. The lowest BCUT2D eigenvalue weighted by Gasteiger charge is -2.40. The number of aliphatic hydroxyl groups is 1. The molecule has 0 spiro atoms. The SMILES string of the molecule is CC1CCCC(C)N1CC(O)C1CCCC1.